The van der Waals surface area contributed by atoms with E-state index in [1.807, 2.05) is 18.2 Å². The first-order chi connectivity index (χ1) is 30.1. The maximum absolute atomic E-state index is 15.2. The lowest BCUT2D eigenvalue weighted by Crippen LogP contribution is -2.21. The summed E-state index contributed by atoms with van der Waals surface area (Å²) < 4.78 is 13.5. The minimum absolute atomic E-state index is 0.0194. The molecule has 1 aromatic heterocycles. The van der Waals surface area contributed by atoms with Crippen molar-refractivity contribution in [2.75, 3.05) is 24.0 Å². The zero-order chi connectivity index (χ0) is 40.8. The number of nitrogens with zero attached hydrogens (tertiary/aromatic N) is 3. The van der Waals surface area contributed by atoms with Gasteiger partial charge in [0.2, 0.25) is 0 Å². The Morgan fingerprint density at radius 1 is 0.393 bits per heavy atom. The molecule has 0 spiro atoms. The van der Waals surface area contributed by atoms with Crippen LogP contribution in [0.1, 0.15) is 0 Å². The monoisotopic (exact) mass is 825 g/mol. The molecule has 10 aromatic rings. The van der Waals surface area contributed by atoms with Crippen LogP contribution in [0.2, 0.25) is 0 Å². The number of anilines is 6. The van der Waals surface area contributed by atoms with E-state index in [0.29, 0.717) is 10.8 Å². The smallest absolute Gasteiger partial charge is 0.194 e. The van der Waals surface area contributed by atoms with E-state index in [0.717, 1.165) is 93.7 Å². The summed E-state index contributed by atoms with van der Waals surface area (Å²) >= 11 is 3.56. The fourth-order valence-corrected chi connectivity index (χ4v) is 11.2. The molecule has 2 aliphatic rings. The Balaban J connectivity index is 1.14. The van der Waals surface area contributed by atoms with Gasteiger partial charge in [-0.05, 0) is 126 Å². The fraction of sp³-hybridized carbons (Fsp3) is 0.0377. The van der Waals surface area contributed by atoms with E-state index in [1.165, 1.54) is 9.79 Å². The number of hydrogen-bond acceptors (Lipinski definition) is 7. The summed E-state index contributed by atoms with van der Waals surface area (Å²) in [6.45, 7) is 0. The van der Waals surface area contributed by atoms with Gasteiger partial charge in [-0.3, -0.25) is 4.79 Å². The molecule has 6 nitrogen and oxygen atoms in total. The molecular weight excluding hydrogens is 791 g/mol. The predicted molar refractivity (Wildman–Crippen MR) is 253 cm³/mol. The Kier molecular flexibility index (Phi) is 8.20. The van der Waals surface area contributed by atoms with E-state index in [-0.39, 0.29) is 5.43 Å². The zero-order valence-corrected chi connectivity index (χ0v) is 34.8. The van der Waals surface area contributed by atoms with E-state index in [9.17, 15) is 0 Å². The molecule has 0 saturated carbocycles. The minimum atomic E-state index is -0.0194. The van der Waals surface area contributed by atoms with Gasteiger partial charge < -0.3 is 23.8 Å². The second-order valence-electron chi connectivity index (χ2n) is 15.2. The predicted octanol–water partition coefficient (Wildman–Crippen LogP) is 14.3. The van der Waals surface area contributed by atoms with Crippen LogP contribution in [0.15, 0.2) is 200 Å². The molecule has 9 aromatic carbocycles. The maximum Gasteiger partial charge on any atom is 0.194 e. The van der Waals surface area contributed by atoms with Gasteiger partial charge in [0, 0.05) is 46.8 Å². The summed E-state index contributed by atoms with van der Waals surface area (Å²) in [6, 6.07) is 61.3. The van der Waals surface area contributed by atoms with Gasteiger partial charge >= 0.3 is 0 Å². The van der Waals surface area contributed by atoms with Crippen LogP contribution < -0.4 is 24.7 Å². The largest absolute Gasteiger partial charge is 0.497 e. The number of methoxy groups -OCH3 is 2. The zero-order valence-electron chi connectivity index (χ0n) is 33.1. The van der Waals surface area contributed by atoms with Gasteiger partial charge in [-0.2, -0.15) is 0 Å². The molecular formula is C53H35N3O3S2. The van der Waals surface area contributed by atoms with Crippen molar-refractivity contribution in [2.24, 2.45) is 0 Å². The van der Waals surface area contributed by atoms with Gasteiger partial charge in [-0.15, -0.1) is 0 Å². The van der Waals surface area contributed by atoms with E-state index in [1.54, 1.807) is 37.7 Å². The summed E-state index contributed by atoms with van der Waals surface area (Å²) in [5, 5.41) is 5.13. The lowest BCUT2D eigenvalue weighted by molar-refractivity contribution is 0.415. The first-order valence-electron chi connectivity index (χ1n) is 20.1. The highest BCUT2D eigenvalue weighted by Gasteiger charge is 2.32. The second kappa shape index (κ2) is 14.0. The molecule has 61 heavy (non-hydrogen) atoms. The standard InChI is InChI=1S/C53H35N3O3S2/c1-58-35-22-25-41-39(29-35)40-30-36(59-2)23-26-42(40)54(41)34-21-24-37-32(27-34)19-20-33-28-47(55-43-11-3-7-15-49(43)60-50-16-8-4-12-44(50)55)48(31-38(33)53(37)57)56-45-13-5-9-17-51(45)61-52-18-10-6-14-46(52)56/h3-31H,1-2H3. The van der Waals surface area contributed by atoms with Gasteiger partial charge in [0.1, 0.15) is 11.5 Å². The summed E-state index contributed by atoms with van der Waals surface area (Å²) in [7, 11) is 3.38. The average molecular weight is 826 g/mol. The first kappa shape index (κ1) is 35.8. The molecule has 2 aliphatic heterocycles. The summed E-state index contributed by atoms with van der Waals surface area (Å²) in [4.78, 5) is 24.6. The van der Waals surface area contributed by atoms with Crippen molar-refractivity contribution in [3.63, 3.8) is 0 Å². The van der Waals surface area contributed by atoms with Crippen molar-refractivity contribution in [3.8, 4) is 17.2 Å². The highest BCUT2D eigenvalue weighted by Crippen LogP contribution is 2.58. The van der Waals surface area contributed by atoms with Gasteiger partial charge in [0.05, 0.1) is 59.4 Å². The Bertz CT molecular complexity index is 3380. The highest BCUT2D eigenvalue weighted by atomic mass is 32.2. The molecule has 0 aliphatic carbocycles. The highest BCUT2D eigenvalue weighted by molar-refractivity contribution is 8.00. The number of hydrogen-bond donors (Lipinski definition) is 0. The normalized spacial score (nSPS) is 13.0. The number of fused-ring (bicyclic) bond motifs is 9. The van der Waals surface area contributed by atoms with E-state index < -0.39 is 0 Å². The first-order valence-corrected chi connectivity index (χ1v) is 21.7. The molecule has 12 rings (SSSR count). The number of rotatable bonds is 5. The number of ether oxygens (including phenoxy) is 2. The average Bonchev–Trinajstić information content (AvgIpc) is 3.56. The molecule has 0 saturated heterocycles. The molecule has 0 amide bonds. The second-order valence-corrected chi connectivity index (χ2v) is 17.4. The topological polar surface area (TPSA) is 46.9 Å². The SMILES string of the molecule is COc1ccc2c(c1)c1cc(OC)ccc1n2-c1ccc2c(=O)c3cc(N4c5ccccc5Sc5ccccc54)c(N4c5ccccc5Sc5ccccc54)cc3ccc2c1. The van der Waals surface area contributed by atoms with Crippen LogP contribution in [0.3, 0.4) is 0 Å². The molecule has 0 fully saturated rings. The Morgan fingerprint density at radius 3 is 1.31 bits per heavy atom. The van der Waals surface area contributed by atoms with Crippen molar-refractivity contribution in [3.05, 3.63) is 186 Å². The van der Waals surface area contributed by atoms with Gasteiger partial charge in [0.25, 0.3) is 0 Å². The van der Waals surface area contributed by atoms with Gasteiger partial charge in [-0.25, -0.2) is 0 Å². The van der Waals surface area contributed by atoms with Gasteiger partial charge in [-0.1, -0.05) is 84.2 Å². The lowest BCUT2D eigenvalue weighted by Gasteiger charge is -2.38. The molecule has 8 heteroatoms. The molecule has 3 heterocycles. The minimum Gasteiger partial charge on any atom is -0.497 e. The van der Waals surface area contributed by atoms with Crippen molar-refractivity contribution in [1.29, 1.82) is 0 Å². The Labute approximate surface area is 360 Å². The molecule has 0 radical (unpaired) electrons. The third-order valence-electron chi connectivity index (χ3n) is 11.9. The number of para-hydroxylation sites is 4. The van der Waals surface area contributed by atoms with Crippen LogP contribution in [-0.2, 0) is 0 Å². The van der Waals surface area contributed by atoms with E-state index >= 15 is 4.79 Å². The van der Waals surface area contributed by atoms with E-state index in [2.05, 4.69) is 172 Å². The Hall–Kier alpha value is -7.13. The quantitative estimate of drug-likeness (QED) is 0.171. The number of aromatic nitrogens is 1. The van der Waals surface area contributed by atoms with Crippen LogP contribution in [-0.4, -0.2) is 18.8 Å². The van der Waals surface area contributed by atoms with Gasteiger partial charge in [0.15, 0.2) is 5.43 Å². The van der Waals surface area contributed by atoms with Crippen LogP contribution in [0.5, 0.6) is 11.5 Å². The lowest BCUT2D eigenvalue weighted by atomic mass is 10.0. The van der Waals surface area contributed by atoms with Crippen molar-refractivity contribution >= 4 is 101 Å². The summed E-state index contributed by atoms with van der Waals surface area (Å²) in [5.41, 5.74) is 9.25. The van der Waals surface area contributed by atoms with Crippen LogP contribution in [0.25, 0.3) is 49.0 Å². The van der Waals surface area contributed by atoms with Crippen molar-refractivity contribution < 1.29 is 9.47 Å². The molecule has 0 atom stereocenters. The maximum atomic E-state index is 15.2. The number of benzene rings is 8. The molecule has 0 unspecified atom stereocenters. The van der Waals surface area contributed by atoms with Crippen LogP contribution in [0.4, 0.5) is 34.1 Å². The van der Waals surface area contributed by atoms with E-state index in [4.69, 9.17) is 9.47 Å². The fourth-order valence-electron chi connectivity index (χ4n) is 9.09. The van der Waals surface area contributed by atoms with Crippen LogP contribution >= 0.6 is 23.5 Å². The molecule has 292 valence electrons. The Morgan fingerprint density at radius 2 is 0.836 bits per heavy atom. The summed E-state index contributed by atoms with van der Waals surface area (Å²) in [5.74, 6) is 1.57. The van der Waals surface area contributed by atoms with Crippen molar-refractivity contribution in [1.82, 2.24) is 4.57 Å². The van der Waals surface area contributed by atoms with Crippen molar-refractivity contribution in [2.45, 2.75) is 19.6 Å². The molecule has 0 bridgehead atoms. The molecule has 0 N–H and O–H groups in total. The van der Waals surface area contributed by atoms with Crippen LogP contribution in [0, 0.1) is 0 Å². The third-order valence-corrected chi connectivity index (χ3v) is 14.2. The third kappa shape index (κ3) is 5.56. The summed E-state index contributed by atoms with van der Waals surface area (Å²) in [6.07, 6.45) is 0.